The van der Waals surface area contributed by atoms with Crippen molar-refractivity contribution >= 4 is 39.2 Å². The zero-order valence-electron chi connectivity index (χ0n) is 18.3. The van der Waals surface area contributed by atoms with Crippen molar-refractivity contribution in [2.24, 2.45) is 0 Å². The number of aromatic nitrogens is 7. The summed E-state index contributed by atoms with van der Waals surface area (Å²) >= 11 is 1.08. The molecule has 168 valence electrons. The molecule has 0 aliphatic carbocycles. The Morgan fingerprint density at radius 3 is 2.71 bits per heavy atom. The molecule has 0 atom stereocenters. The Hall–Kier alpha value is -4.18. The first-order valence-electron chi connectivity index (χ1n) is 10.7. The number of nitrogens with one attached hydrogen (secondary N) is 3. The number of fused-ring (bicyclic) bond motifs is 2. The molecule has 6 rings (SSSR count). The Morgan fingerprint density at radius 1 is 1.00 bits per heavy atom. The van der Waals surface area contributed by atoms with Crippen molar-refractivity contribution in [3.63, 3.8) is 0 Å². The molecule has 34 heavy (non-hydrogen) atoms. The predicted octanol–water partition coefficient (Wildman–Crippen LogP) is 5.65. The normalized spacial score (nSPS) is 11.6. The quantitative estimate of drug-likeness (QED) is 0.301. The van der Waals surface area contributed by atoms with Gasteiger partial charge in [0.25, 0.3) is 0 Å². The van der Waals surface area contributed by atoms with Gasteiger partial charge in [0.15, 0.2) is 22.2 Å². The SMILES string of the molecule is CC(C)Nc1cncc(-c2cnc3[nH]nc(-c4nc5c(-c6ccc(F)s6)ccnc5[nH]4)c3c2)c1. The summed E-state index contributed by atoms with van der Waals surface area (Å²) in [6.45, 7) is 4.17. The maximum Gasteiger partial charge on any atom is 0.176 e. The fourth-order valence-electron chi connectivity index (χ4n) is 3.93. The molecule has 0 amide bonds. The number of hydrogen-bond acceptors (Lipinski definition) is 7. The van der Waals surface area contributed by atoms with E-state index in [9.17, 15) is 4.39 Å². The minimum Gasteiger partial charge on any atom is -0.382 e. The third-order valence-corrected chi connectivity index (χ3v) is 6.30. The van der Waals surface area contributed by atoms with E-state index in [0.717, 1.165) is 44.0 Å². The van der Waals surface area contributed by atoms with E-state index in [1.54, 1.807) is 24.7 Å². The molecular formula is C24H19FN8S. The standard InChI is InChI=1S/C24H19FN8S/c1-12(2)29-15-7-13(9-26-11-15)14-8-17-21(32-33-22(17)28-10-14)24-30-20-16(5-6-27-23(20)31-24)18-3-4-19(25)34-18/h3-12,29H,1-2H3,(H,27,30,31)(H,28,32,33). The second-order valence-corrected chi connectivity index (χ2v) is 9.23. The second-order valence-electron chi connectivity index (χ2n) is 8.20. The molecule has 6 aromatic rings. The van der Waals surface area contributed by atoms with Crippen LogP contribution in [0.1, 0.15) is 13.8 Å². The van der Waals surface area contributed by atoms with E-state index in [1.807, 2.05) is 24.4 Å². The summed E-state index contributed by atoms with van der Waals surface area (Å²) < 4.78 is 13.6. The maximum absolute atomic E-state index is 13.6. The van der Waals surface area contributed by atoms with Crippen LogP contribution in [0.25, 0.3) is 55.3 Å². The van der Waals surface area contributed by atoms with Crippen LogP contribution in [0.2, 0.25) is 0 Å². The Balaban J connectivity index is 1.45. The first-order valence-corrected chi connectivity index (χ1v) is 11.5. The van der Waals surface area contributed by atoms with Crippen LogP contribution < -0.4 is 5.32 Å². The van der Waals surface area contributed by atoms with Gasteiger partial charge in [0.05, 0.1) is 11.1 Å². The van der Waals surface area contributed by atoms with Crippen LogP contribution in [0, 0.1) is 5.13 Å². The summed E-state index contributed by atoms with van der Waals surface area (Å²) in [5, 5.41) is 11.4. The second kappa shape index (κ2) is 7.99. The number of halogens is 1. The Morgan fingerprint density at radius 2 is 1.88 bits per heavy atom. The molecule has 0 spiro atoms. The van der Waals surface area contributed by atoms with Gasteiger partial charge < -0.3 is 10.3 Å². The highest BCUT2D eigenvalue weighted by Gasteiger charge is 2.18. The monoisotopic (exact) mass is 470 g/mol. The Labute approximate surface area is 197 Å². The number of nitrogens with zero attached hydrogens (tertiary/aromatic N) is 5. The van der Waals surface area contributed by atoms with E-state index in [2.05, 4.69) is 49.3 Å². The third-order valence-electron chi connectivity index (χ3n) is 5.39. The summed E-state index contributed by atoms with van der Waals surface area (Å²) in [6.07, 6.45) is 7.09. The highest BCUT2D eigenvalue weighted by atomic mass is 32.1. The molecule has 0 aromatic carbocycles. The molecule has 10 heteroatoms. The van der Waals surface area contributed by atoms with Gasteiger partial charge in [-0.25, -0.2) is 15.0 Å². The van der Waals surface area contributed by atoms with Gasteiger partial charge in [-0.15, -0.1) is 11.3 Å². The molecule has 3 N–H and O–H groups in total. The van der Waals surface area contributed by atoms with Crippen molar-refractivity contribution in [3.8, 4) is 33.1 Å². The maximum atomic E-state index is 13.6. The third kappa shape index (κ3) is 3.57. The fraction of sp³-hybridized carbons (Fsp3) is 0.125. The number of thiophene rings is 1. The van der Waals surface area contributed by atoms with Gasteiger partial charge in [-0.05, 0) is 44.2 Å². The van der Waals surface area contributed by atoms with Crippen molar-refractivity contribution in [1.29, 1.82) is 0 Å². The van der Waals surface area contributed by atoms with E-state index < -0.39 is 0 Å². The van der Waals surface area contributed by atoms with Gasteiger partial charge in [0.1, 0.15) is 11.2 Å². The average Bonchev–Trinajstić information content (AvgIpc) is 3.55. The van der Waals surface area contributed by atoms with Crippen LogP contribution in [-0.2, 0) is 0 Å². The van der Waals surface area contributed by atoms with Gasteiger partial charge in [-0.1, -0.05) is 0 Å². The fourth-order valence-corrected chi connectivity index (χ4v) is 4.69. The largest absolute Gasteiger partial charge is 0.382 e. The molecule has 0 aliphatic rings. The number of anilines is 1. The molecule has 6 aromatic heterocycles. The lowest BCUT2D eigenvalue weighted by atomic mass is 10.1. The lowest BCUT2D eigenvalue weighted by Gasteiger charge is -2.10. The summed E-state index contributed by atoms with van der Waals surface area (Å²) in [7, 11) is 0. The van der Waals surface area contributed by atoms with E-state index >= 15 is 0 Å². The van der Waals surface area contributed by atoms with Crippen molar-refractivity contribution in [2.75, 3.05) is 5.32 Å². The van der Waals surface area contributed by atoms with E-state index in [0.29, 0.717) is 34.4 Å². The Kier molecular flexibility index (Phi) is 4.80. The number of imidazole rings is 1. The first kappa shape index (κ1) is 20.4. The number of hydrogen-bond donors (Lipinski definition) is 3. The van der Waals surface area contributed by atoms with Crippen molar-refractivity contribution in [2.45, 2.75) is 19.9 Å². The number of pyridine rings is 3. The minimum atomic E-state index is -0.241. The van der Waals surface area contributed by atoms with Crippen LogP contribution in [0.4, 0.5) is 10.1 Å². The molecule has 0 aliphatic heterocycles. The summed E-state index contributed by atoms with van der Waals surface area (Å²) in [5.41, 5.74) is 6.18. The first-order chi connectivity index (χ1) is 16.5. The predicted molar refractivity (Wildman–Crippen MR) is 132 cm³/mol. The molecular weight excluding hydrogens is 451 g/mol. The van der Waals surface area contributed by atoms with Crippen LogP contribution in [0.15, 0.2) is 55.1 Å². The number of aromatic amines is 2. The zero-order valence-corrected chi connectivity index (χ0v) is 19.1. The summed E-state index contributed by atoms with van der Waals surface area (Å²) in [4.78, 5) is 22.1. The van der Waals surface area contributed by atoms with Gasteiger partial charge >= 0.3 is 0 Å². The van der Waals surface area contributed by atoms with Crippen molar-refractivity contribution < 1.29 is 4.39 Å². The average molecular weight is 471 g/mol. The van der Waals surface area contributed by atoms with Gasteiger partial charge in [0, 0.05) is 52.4 Å². The topological polar surface area (TPSA) is 108 Å². The van der Waals surface area contributed by atoms with Crippen LogP contribution in [0.3, 0.4) is 0 Å². The number of H-pyrrole nitrogens is 2. The smallest absolute Gasteiger partial charge is 0.176 e. The van der Waals surface area contributed by atoms with Gasteiger partial charge in [-0.3, -0.25) is 10.1 Å². The minimum absolute atomic E-state index is 0.241. The van der Waals surface area contributed by atoms with Crippen LogP contribution in [-0.4, -0.2) is 41.2 Å². The molecule has 0 bridgehead atoms. The summed E-state index contributed by atoms with van der Waals surface area (Å²) in [6, 6.07) is 9.41. The van der Waals surface area contributed by atoms with E-state index in [4.69, 9.17) is 4.98 Å². The van der Waals surface area contributed by atoms with Crippen LogP contribution >= 0.6 is 11.3 Å². The Bertz CT molecular complexity index is 1650. The van der Waals surface area contributed by atoms with Crippen molar-refractivity contribution in [1.82, 2.24) is 35.1 Å². The van der Waals surface area contributed by atoms with E-state index in [-0.39, 0.29) is 5.13 Å². The summed E-state index contributed by atoms with van der Waals surface area (Å²) in [5.74, 6) is 0.561. The molecule has 0 saturated carbocycles. The molecule has 0 unspecified atom stereocenters. The number of rotatable bonds is 5. The molecule has 0 radical (unpaired) electrons. The van der Waals surface area contributed by atoms with Gasteiger partial charge in [0.2, 0.25) is 0 Å². The van der Waals surface area contributed by atoms with E-state index in [1.165, 1.54) is 6.07 Å². The highest BCUT2D eigenvalue weighted by molar-refractivity contribution is 7.14. The molecule has 8 nitrogen and oxygen atoms in total. The van der Waals surface area contributed by atoms with Crippen LogP contribution in [0.5, 0.6) is 0 Å². The molecule has 6 heterocycles. The van der Waals surface area contributed by atoms with Crippen molar-refractivity contribution in [3.05, 3.63) is 60.3 Å². The van der Waals surface area contributed by atoms with Gasteiger partial charge in [-0.2, -0.15) is 9.49 Å². The lowest BCUT2D eigenvalue weighted by molar-refractivity contribution is 0.657. The highest BCUT2D eigenvalue weighted by Crippen LogP contribution is 2.34. The lowest BCUT2D eigenvalue weighted by Crippen LogP contribution is -2.09. The molecule has 0 saturated heterocycles. The molecule has 0 fully saturated rings. The zero-order chi connectivity index (χ0) is 23.2.